The fourth-order valence-corrected chi connectivity index (χ4v) is 2.46. The van der Waals surface area contributed by atoms with Crippen LogP contribution in [0.5, 0.6) is 0 Å². The average Bonchev–Trinajstić information content (AvgIpc) is 2.85. The summed E-state index contributed by atoms with van der Waals surface area (Å²) in [6.45, 7) is 1.62. The van der Waals surface area contributed by atoms with Gasteiger partial charge in [0, 0.05) is 17.7 Å². The Morgan fingerprint density at radius 3 is 2.95 bits per heavy atom. The van der Waals surface area contributed by atoms with Gasteiger partial charge in [-0.15, -0.1) is 0 Å². The maximum Gasteiger partial charge on any atom is 0.256 e. The largest absolute Gasteiger partial charge is 0.311 e. The van der Waals surface area contributed by atoms with Crippen molar-refractivity contribution in [2.75, 3.05) is 11.9 Å². The molecule has 3 rings (SSSR count). The lowest BCUT2D eigenvalue weighted by molar-refractivity contribution is 0.102. The molecule has 0 spiro atoms. The number of anilines is 1. The SMILES string of the molecule is O=C(Nc1n[nH]c2c1CCNC2)c1ccc(Cl)c(Cl)c1. The molecule has 1 aromatic heterocycles. The number of hydrogen-bond donors (Lipinski definition) is 3. The Morgan fingerprint density at radius 2 is 2.15 bits per heavy atom. The Balaban J connectivity index is 1.82. The van der Waals surface area contributed by atoms with Gasteiger partial charge < -0.3 is 10.6 Å². The molecule has 0 radical (unpaired) electrons. The number of nitrogens with zero attached hydrogens (tertiary/aromatic N) is 1. The van der Waals surface area contributed by atoms with Crippen LogP contribution in [0.15, 0.2) is 18.2 Å². The maximum absolute atomic E-state index is 12.2. The van der Waals surface area contributed by atoms with E-state index in [1.54, 1.807) is 18.2 Å². The smallest absolute Gasteiger partial charge is 0.256 e. The lowest BCUT2D eigenvalue weighted by Gasteiger charge is -2.13. The van der Waals surface area contributed by atoms with Crippen molar-refractivity contribution in [3.05, 3.63) is 45.1 Å². The van der Waals surface area contributed by atoms with Gasteiger partial charge in [0.05, 0.1) is 15.7 Å². The third-order valence-electron chi connectivity index (χ3n) is 3.22. The first-order chi connectivity index (χ1) is 9.65. The molecule has 0 aliphatic carbocycles. The predicted molar refractivity (Wildman–Crippen MR) is 78.4 cm³/mol. The van der Waals surface area contributed by atoms with Crippen molar-refractivity contribution >= 4 is 34.9 Å². The van der Waals surface area contributed by atoms with Crippen molar-refractivity contribution in [3.8, 4) is 0 Å². The van der Waals surface area contributed by atoms with E-state index in [0.29, 0.717) is 21.4 Å². The normalized spacial score (nSPS) is 13.9. The Labute approximate surface area is 125 Å². The van der Waals surface area contributed by atoms with Crippen LogP contribution < -0.4 is 10.6 Å². The second-order valence-electron chi connectivity index (χ2n) is 4.54. The molecule has 0 atom stereocenters. The van der Waals surface area contributed by atoms with Gasteiger partial charge >= 0.3 is 0 Å². The molecule has 5 nitrogen and oxygen atoms in total. The number of aromatic amines is 1. The van der Waals surface area contributed by atoms with E-state index < -0.39 is 0 Å². The number of rotatable bonds is 2. The highest BCUT2D eigenvalue weighted by molar-refractivity contribution is 6.42. The summed E-state index contributed by atoms with van der Waals surface area (Å²) < 4.78 is 0. The fourth-order valence-electron chi connectivity index (χ4n) is 2.16. The summed E-state index contributed by atoms with van der Waals surface area (Å²) in [5.41, 5.74) is 2.52. The van der Waals surface area contributed by atoms with E-state index in [0.717, 1.165) is 30.8 Å². The summed E-state index contributed by atoms with van der Waals surface area (Å²) in [4.78, 5) is 12.2. The Hall–Kier alpha value is -1.56. The van der Waals surface area contributed by atoms with Crippen LogP contribution in [-0.2, 0) is 13.0 Å². The number of nitrogens with one attached hydrogen (secondary N) is 3. The molecule has 20 heavy (non-hydrogen) atoms. The Bertz CT molecular complexity index is 668. The molecule has 1 amide bonds. The van der Waals surface area contributed by atoms with Crippen LogP contribution in [0.4, 0.5) is 5.82 Å². The number of carbonyl (C=O) groups excluding carboxylic acids is 1. The summed E-state index contributed by atoms with van der Waals surface area (Å²) in [5.74, 6) is 0.328. The number of fused-ring (bicyclic) bond motifs is 1. The second kappa shape index (κ2) is 5.44. The van der Waals surface area contributed by atoms with E-state index in [2.05, 4.69) is 20.8 Å². The number of amides is 1. The highest BCUT2D eigenvalue weighted by atomic mass is 35.5. The van der Waals surface area contributed by atoms with Gasteiger partial charge in [0.25, 0.3) is 5.91 Å². The topological polar surface area (TPSA) is 69.8 Å². The van der Waals surface area contributed by atoms with Crippen LogP contribution in [0.1, 0.15) is 21.6 Å². The molecule has 1 aliphatic rings. The molecular weight excluding hydrogens is 299 g/mol. The standard InChI is InChI=1S/C13H12Cl2N4O/c14-9-2-1-7(5-10(9)15)13(20)17-12-8-3-4-16-6-11(8)18-19-12/h1-2,5,16H,3-4,6H2,(H2,17,18,19,20). The van der Waals surface area contributed by atoms with Crippen LogP contribution in [0.2, 0.25) is 10.0 Å². The summed E-state index contributed by atoms with van der Waals surface area (Å²) in [6.07, 6.45) is 0.836. The van der Waals surface area contributed by atoms with Gasteiger partial charge in [-0.2, -0.15) is 5.10 Å². The number of hydrogen-bond acceptors (Lipinski definition) is 3. The molecule has 0 saturated carbocycles. The third kappa shape index (κ3) is 2.52. The first-order valence-electron chi connectivity index (χ1n) is 6.18. The highest BCUT2D eigenvalue weighted by Crippen LogP contribution is 2.24. The van der Waals surface area contributed by atoms with E-state index >= 15 is 0 Å². The lowest BCUT2D eigenvalue weighted by Crippen LogP contribution is -2.24. The molecule has 3 N–H and O–H groups in total. The van der Waals surface area contributed by atoms with Crippen LogP contribution in [0.3, 0.4) is 0 Å². The zero-order valence-electron chi connectivity index (χ0n) is 10.5. The molecule has 2 heterocycles. The van der Waals surface area contributed by atoms with E-state index in [1.165, 1.54) is 0 Å². The summed E-state index contributed by atoms with van der Waals surface area (Å²) in [5, 5.41) is 13.9. The quantitative estimate of drug-likeness (QED) is 0.798. The van der Waals surface area contributed by atoms with Gasteiger partial charge in [0.1, 0.15) is 0 Å². The van der Waals surface area contributed by atoms with E-state index in [4.69, 9.17) is 23.2 Å². The highest BCUT2D eigenvalue weighted by Gasteiger charge is 2.18. The van der Waals surface area contributed by atoms with E-state index in [1.807, 2.05) is 0 Å². The Kier molecular flexibility index (Phi) is 3.65. The van der Waals surface area contributed by atoms with E-state index in [-0.39, 0.29) is 5.91 Å². The molecule has 7 heteroatoms. The second-order valence-corrected chi connectivity index (χ2v) is 5.35. The lowest BCUT2D eigenvalue weighted by atomic mass is 10.1. The molecule has 1 aliphatic heterocycles. The first kappa shape index (κ1) is 13.4. The Morgan fingerprint density at radius 1 is 1.30 bits per heavy atom. The molecule has 0 unspecified atom stereocenters. The number of benzene rings is 1. The molecule has 0 fully saturated rings. The van der Waals surface area contributed by atoms with Crippen LogP contribution in [0.25, 0.3) is 0 Å². The van der Waals surface area contributed by atoms with Crippen LogP contribution >= 0.6 is 23.2 Å². The number of H-pyrrole nitrogens is 1. The molecule has 1 aromatic carbocycles. The molecule has 0 bridgehead atoms. The molecule has 2 aromatic rings. The molecule has 0 saturated heterocycles. The van der Waals surface area contributed by atoms with Crippen molar-refractivity contribution in [1.82, 2.24) is 15.5 Å². The van der Waals surface area contributed by atoms with E-state index in [9.17, 15) is 4.79 Å². The van der Waals surface area contributed by atoms with Gasteiger partial charge in [-0.25, -0.2) is 0 Å². The summed E-state index contributed by atoms with van der Waals surface area (Å²) in [7, 11) is 0. The fraction of sp³-hybridized carbons (Fsp3) is 0.231. The van der Waals surface area contributed by atoms with Crippen molar-refractivity contribution in [1.29, 1.82) is 0 Å². The maximum atomic E-state index is 12.2. The third-order valence-corrected chi connectivity index (χ3v) is 3.96. The minimum Gasteiger partial charge on any atom is -0.311 e. The number of aromatic nitrogens is 2. The van der Waals surface area contributed by atoms with Gasteiger partial charge in [-0.05, 0) is 31.2 Å². The van der Waals surface area contributed by atoms with Gasteiger partial charge in [0.2, 0.25) is 0 Å². The zero-order chi connectivity index (χ0) is 14.1. The first-order valence-corrected chi connectivity index (χ1v) is 6.94. The van der Waals surface area contributed by atoms with Gasteiger partial charge in [-0.3, -0.25) is 9.89 Å². The minimum atomic E-state index is -0.253. The number of halogens is 2. The predicted octanol–water partition coefficient (Wildman–Crippen LogP) is 2.61. The zero-order valence-corrected chi connectivity index (χ0v) is 12.0. The van der Waals surface area contributed by atoms with Crippen LogP contribution in [-0.4, -0.2) is 22.6 Å². The average molecular weight is 311 g/mol. The molecular formula is C13H12Cl2N4O. The van der Waals surface area contributed by atoms with Crippen molar-refractivity contribution in [2.45, 2.75) is 13.0 Å². The van der Waals surface area contributed by atoms with Gasteiger partial charge in [0.15, 0.2) is 5.82 Å². The summed E-state index contributed by atoms with van der Waals surface area (Å²) in [6, 6.07) is 4.77. The number of carbonyl (C=O) groups is 1. The minimum absolute atomic E-state index is 0.253. The summed E-state index contributed by atoms with van der Waals surface area (Å²) >= 11 is 11.7. The van der Waals surface area contributed by atoms with Crippen LogP contribution in [0, 0.1) is 0 Å². The van der Waals surface area contributed by atoms with Crippen molar-refractivity contribution in [3.63, 3.8) is 0 Å². The molecule has 104 valence electrons. The van der Waals surface area contributed by atoms with Crippen molar-refractivity contribution < 1.29 is 4.79 Å². The monoisotopic (exact) mass is 310 g/mol. The van der Waals surface area contributed by atoms with Crippen molar-refractivity contribution in [2.24, 2.45) is 0 Å². The van der Waals surface area contributed by atoms with Gasteiger partial charge in [-0.1, -0.05) is 23.2 Å².